The Bertz CT molecular complexity index is 501. The van der Waals surface area contributed by atoms with Gasteiger partial charge in [0.25, 0.3) is 0 Å². The second-order valence-electron chi connectivity index (χ2n) is 5.28. The summed E-state index contributed by atoms with van der Waals surface area (Å²) in [7, 11) is 0. The van der Waals surface area contributed by atoms with Crippen LogP contribution in [0.25, 0.3) is 5.57 Å². The smallest absolute Gasteiger partial charge is 0.159 e. The molecule has 0 spiro atoms. The van der Waals surface area contributed by atoms with Crippen LogP contribution >= 0.6 is 0 Å². The summed E-state index contributed by atoms with van der Waals surface area (Å²) in [4.78, 5) is 11.6. The van der Waals surface area contributed by atoms with Crippen LogP contribution in [-0.4, -0.2) is 5.78 Å². The van der Waals surface area contributed by atoms with E-state index in [-0.39, 0.29) is 11.2 Å². The first-order chi connectivity index (χ1) is 7.87. The van der Waals surface area contributed by atoms with Crippen LogP contribution in [0.3, 0.4) is 0 Å². The lowest BCUT2D eigenvalue weighted by atomic mass is 9.75. The van der Waals surface area contributed by atoms with E-state index in [0.717, 1.165) is 17.7 Å². The monoisotopic (exact) mass is 236 g/mol. The molecule has 0 atom stereocenters. The van der Waals surface area contributed by atoms with E-state index in [9.17, 15) is 13.6 Å². The summed E-state index contributed by atoms with van der Waals surface area (Å²) in [5.41, 5.74) is 1.25. The van der Waals surface area contributed by atoms with Gasteiger partial charge in [-0.15, -0.1) is 0 Å². The van der Waals surface area contributed by atoms with Gasteiger partial charge in [-0.25, -0.2) is 8.78 Å². The highest BCUT2D eigenvalue weighted by atomic mass is 19.2. The molecule has 17 heavy (non-hydrogen) atoms. The fourth-order valence-electron chi connectivity index (χ4n) is 2.23. The number of halogens is 2. The molecule has 0 bridgehead atoms. The van der Waals surface area contributed by atoms with Gasteiger partial charge in [0.05, 0.1) is 0 Å². The molecule has 2 rings (SSSR count). The van der Waals surface area contributed by atoms with Gasteiger partial charge >= 0.3 is 0 Å². The van der Waals surface area contributed by atoms with Crippen LogP contribution in [0, 0.1) is 17.0 Å². The van der Waals surface area contributed by atoms with Crippen LogP contribution in [0.15, 0.2) is 24.3 Å². The summed E-state index contributed by atoms with van der Waals surface area (Å²) in [5.74, 6) is -1.70. The molecule has 0 saturated heterocycles. The summed E-state index contributed by atoms with van der Waals surface area (Å²) >= 11 is 0. The van der Waals surface area contributed by atoms with E-state index < -0.39 is 11.6 Å². The summed E-state index contributed by atoms with van der Waals surface area (Å²) in [6.45, 7) is 4.00. The zero-order valence-corrected chi connectivity index (χ0v) is 9.89. The largest absolute Gasteiger partial charge is 0.295 e. The van der Waals surface area contributed by atoms with Crippen molar-refractivity contribution in [3.8, 4) is 0 Å². The molecule has 1 nitrogen and oxygen atoms in total. The normalized spacial score (nSPS) is 19.1. The van der Waals surface area contributed by atoms with Gasteiger partial charge in [0.15, 0.2) is 17.4 Å². The molecular formula is C14H14F2O. The minimum atomic E-state index is -0.876. The predicted molar refractivity (Wildman–Crippen MR) is 62.4 cm³/mol. The Labute approximate surface area is 99.1 Å². The van der Waals surface area contributed by atoms with Crippen LogP contribution in [0.4, 0.5) is 8.78 Å². The predicted octanol–water partition coefficient (Wildman–Crippen LogP) is 3.74. The minimum absolute atomic E-state index is 0.0426. The van der Waals surface area contributed by atoms with Crippen molar-refractivity contribution >= 4 is 11.4 Å². The van der Waals surface area contributed by atoms with Crippen molar-refractivity contribution < 1.29 is 13.6 Å². The first-order valence-corrected chi connectivity index (χ1v) is 5.56. The van der Waals surface area contributed by atoms with Crippen LogP contribution in [0.2, 0.25) is 0 Å². The highest BCUT2D eigenvalue weighted by Gasteiger charge is 2.28. The third-order valence-corrected chi connectivity index (χ3v) is 2.95. The van der Waals surface area contributed by atoms with Gasteiger partial charge in [-0.05, 0) is 41.2 Å². The second kappa shape index (κ2) is 4.06. The summed E-state index contributed by atoms with van der Waals surface area (Å²) in [6.07, 6.45) is 2.74. The maximum absolute atomic E-state index is 13.1. The van der Waals surface area contributed by atoms with E-state index in [1.165, 1.54) is 12.1 Å². The molecular weight excluding hydrogens is 222 g/mol. The van der Waals surface area contributed by atoms with E-state index in [4.69, 9.17) is 0 Å². The van der Waals surface area contributed by atoms with Crippen molar-refractivity contribution in [3.63, 3.8) is 0 Å². The number of hydrogen-bond donors (Lipinski definition) is 0. The maximum atomic E-state index is 13.1. The van der Waals surface area contributed by atoms with E-state index in [2.05, 4.69) is 0 Å². The molecule has 0 fully saturated rings. The second-order valence-corrected chi connectivity index (χ2v) is 5.28. The highest BCUT2D eigenvalue weighted by molar-refractivity contribution is 5.99. The molecule has 0 unspecified atom stereocenters. The Kier molecular flexibility index (Phi) is 2.86. The van der Waals surface area contributed by atoms with Crippen molar-refractivity contribution in [1.29, 1.82) is 0 Å². The Hall–Kier alpha value is -1.51. The number of ketones is 1. The molecule has 1 aliphatic carbocycles. The van der Waals surface area contributed by atoms with Crippen molar-refractivity contribution in [2.45, 2.75) is 26.7 Å². The number of rotatable bonds is 1. The van der Waals surface area contributed by atoms with Gasteiger partial charge in [0.2, 0.25) is 0 Å². The first kappa shape index (κ1) is 12.0. The summed E-state index contributed by atoms with van der Waals surface area (Å²) in [6, 6.07) is 3.76. The number of allylic oxidation sites excluding steroid dienone is 2. The third kappa shape index (κ3) is 2.60. The zero-order valence-electron chi connectivity index (χ0n) is 9.89. The van der Waals surface area contributed by atoms with Gasteiger partial charge in [-0.2, -0.15) is 0 Å². The Morgan fingerprint density at radius 1 is 1.12 bits per heavy atom. The Morgan fingerprint density at radius 3 is 2.41 bits per heavy atom. The average Bonchev–Trinajstić information content (AvgIpc) is 2.19. The molecule has 1 aliphatic rings. The van der Waals surface area contributed by atoms with Crippen molar-refractivity contribution in [2.75, 3.05) is 0 Å². The fraction of sp³-hybridized carbons (Fsp3) is 0.357. The molecule has 0 N–H and O–H groups in total. The van der Waals surface area contributed by atoms with Crippen LogP contribution in [0.5, 0.6) is 0 Å². The summed E-state index contributed by atoms with van der Waals surface area (Å²) < 4.78 is 26.0. The molecule has 0 amide bonds. The molecule has 90 valence electrons. The molecule has 0 saturated carbocycles. The SMILES string of the molecule is CC1(C)CC(=O)C=C(c2ccc(F)c(F)c2)C1. The lowest BCUT2D eigenvalue weighted by Crippen LogP contribution is -2.21. The van der Waals surface area contributed by atoms with E-state index in [1.807, 2.05) is 13.8 Å². The molecule has 0 radical (unpaired) electrons. The van der Waals surface area contributed by atoms with Gasteiger partial charge in [-0.3, -0.25) is 4.79 Å². The van der Waals surface area contributed by atoms with Gasteiger partial charge < -0.3 is 0 Å². The molecule has 1 aromatic carbocycles. The fourth-order valence-corrected chi connectivity index (χ4v) is 2.23. The number of hydrogen-bond acceptors (Lipinski definition) is 1. The van der Waals surface area contributed by atoms with E-state index in [1.54, 1.807) is 0 Å². The molecule has 0 aliphatic heterocycles. The molecule has 0 aromatic heterocycles. The number of carbonyl (C=O) groups is 1. The topological polar surface area (TPSA) is 17.1 Å². The average molecular weight is 236 g/mol. The zero-order chi connectivity index (χ0) is 12.6. The standard InChI is InChI=1S/C14H14F2O/c1-14(2)7-10(5-11(17)8-14)9-3-4-12(15)13(16)6-9/h3-6H,7-8H2,1-2H3. The van der Waals surface area contributed by atoms with Crippen LogP contribution < -0.4 is 0 Å². The highest BCUT2D eigenvalue weighted by Crippen LogP contribution is 2.38. The van der Waals surface area contributed by atoms with Gasteiger partial charge in [-0.1, -0.05) is 19.9 Å². The van der Waals surface area contributed by atoms with Crippen molar-refractivity contribution in [2.24, 2.45) is 5.41 Å². The quantitative estimate of drug-likeness (QED) is 0.726. The Morgan fingerprint density at radius 2 is 1.82 bits per heavy atom. The van der Waals surface area contributed by atoms with E-state index >= 15 is 0 Å². The number of benzene rings is 1. The van der Waals surface area contributed by atoms with Gasteiger partial charge in [0, 0.05) is 6.42 Å². The Balaban J connectivity index is 2.39. The van der Waals surface area contributed by atoms with E-state index in [0.29, 0.717) is 18.4 Å². The minimum Gasteiger partial charge on any atom is -0.295 e. The van der Waals surface area contributed by atoms with Crippen LogP contribution in [0.1, 0.15) is 32.3 Å². The molecule has 0 heterocycles. The van der Waals surface area contributed by atoms with Gasteiger partial charge in [0.1, 0.15) is 0 Å². The van der Waals surface area contributed by atoms with Crippen LogP contribution in [-0.2, 0) is 4.79 Å². The third-order valence-electron chi connectivity index (χ3n) is 2.95. The molecule has 1 aromatic rings. The van der Waals surface area contributed by atoms with Crippen molar-refractivity contribution in [3.05, 3.63) is 41.5 Å². The van der Waals surface area contributed by atoms with Crippen molar-refractivity contribution in [1.82, 2.24) is 0 Å². The first-order valence-electron chi connectivity index (χ1n) is 5.56. The maximum Gasteiger partial charge on any atom is 0.159 e. The lowest BCUT2D eigenvalue weighted by molar-refractivity contribution is -0.116. The number of carbonyl (C=O) groups excluding carboxylic acids is 1. The lowest BCUT2D eigenvalue weighted by Gasteiger charge is -2.29. The summed E-state index contributed by atoms with van der Waals surface area (Å²) in [5, 5.41) is 0. The molecule has 3 heteroatoms.